The molecule has 4 rings (SSSR count). The minimum Gasteiger partial charge on any atom is -0.240 e. The molecule has 0 saturated heterocycles. The molecule has 31 heavy (non-hydrogen) atoms. The second-order valence-electron chi connectivity index (χ2n) is 8.33. The Labute approximate surface area is 188 Å². The first kappa shape index (κ1) is 22.6. The lowest BCUT2D eigenvalue weighted by Gasteiger charge is -2.43. The van der Waals surface area contributed by atoms with Crippen LogP contribution in [0.2, 0.25) is 6.32 Å². The molecule has 0 spiro atoms. The fraction of sp³-hybridized carbons (Fsp3) is 0.250. The quantitative estimate of drug-likeness (QED) is 0.318. The molecule has 160 valence electrons. The maximum atomic E-state index is 2.30. The van der Waals surface area contributed by atoms with E-state index in [1.165, 1.54) is 35.6 Å². The third kappa shape index (κ3) is 5.55. The molecule has 0 amide bonds. The Bertz CT molecular complexity index is 914. The van der Waals surface area contributed by atoms with Crippen molar-refractivity contribution in [2.24, 2.45) is 7.05 Å². The van der Waals surface area contributed by atoms with Crippen LogP contribution in [0.1, 0.15) is 26.7 Å². The van der Waals surface area contributed by atoms with Crippen molar-refractivity contribution in [1.82, 2.24) is 4.57 Å². The molecule has 0 bridgehead atoms. The number of unbranched alkanes of at least 4 members (excludes halogenated alkanes) is 1. The van der Waals surface area contributed by atoms with Crippen LogP contribution in [0, 0.1) is 0 Å². The van der Waals surface area contributed by atoms with Crippen LogP contribution in [0.4, 0.5) is 0 Å². The molecule has 0 N–H and O–H groups in total. The first-order valence-electron chi connectivity index (χ1n) is 11.6. The van der Waals surface area contributed by atoms with Crippen LogP contribution in [-0.2, 0) is 13.6 Å². The van der Waals surface area contributed by atoms with Crippen LogP contribution >= 0.6 is 0 Å². The van der Waals surface area contributed by atoms with E-state index in [0.717, 1.165) is 6.54 Å². The topological polar surface area (TPSA) is 8.81 Å². The summed E-state index contributed by atoms with van der Waals surface area (Å²) in [4.78, 5) is 0. The lowest BCUT2D eigenvalue weighted by atomic mass is 9.14. The molecule has 0 fully saturated rings. The molecule has 2 nitrogen and oxygen atoms in total. The smallest absolute Gasteiger partial charge is 0.240 e. The number of imidazole rings is 1. The van der Waals surface area contributed by atoms with Crippen LogP contribution in [0.5, 0.6) is 0 Å². The van der Waals surface area contributed by atoms with Crippen molar-refractivity contribution in [3.63, 3.8) is 0 Å². The standard InChI is InChI=1S/C22H24B.C6H11N2/c1-2-3-19-23(20-13-7-4-8-14-20,21-15-9-5-10-16-21)22-17-11-6-12-18-22;1-3-8-5-4-7(2)6-8/h4-18H,2-3,19H2,1H3;4-6H,3H2,1-2H3/q-1;+1. The Morgan fingerprint density at radius 2 is 1.16 bits per heavy atom. The summed E-state index contributed by atoms with van der Waals surface area (Å²) in [6.07, 6.45) is 8.87. The lowest BCUT2D eigenvalue weighted by Crippen LogP contribution is -2.66. The lowest BCUT2D eigenvalue weighted by molar-refractivity contribution is -0.671. The van der Waals surface area contributed by atoms with E-state index in [9.17, 15) is 0 Å². The Kier molecular flexibility index (Phi) is 8.29. The van der Waals surface area contributed by atoms with E-state index < -0.39 is 6.15 Å². The SMILES string of the molecule is CCCC[B-](c1ccccc1)(c1ccccc1)c1ccccc1.CCn1cc[n+](C)c1. The van der Waals surface area contributed by atoms with Crippen LogP contribution < -0.4 is 21.0 Å². The normalized spacial score (nSPS) is 10.9. The molecule has 1 heterocycles. The summed E-state index contributed by atoms with van der Waals surface area (Å²) < 4.78 is 4.16. The first-order valence-corrected chi connectivity index (χ1v) is 11.6. The Balaban J connectivity index is 0.000000287. The average Bonchev–Trinajstić information content (AvgIpc) is 3.27. The second kappa shape index (κ2) is 11.4. The van der Waals surface area contributed by atoms with Crippen LogP contribution in [-0.4, -0.2) is 10.7 Å². The minimum atomic E-state index is -0.913. The number of hydrogen-bond acceptors (Lipinski definition) is 0. The van der Waals surface area contributed by atoms with Crippen molar-refractivity contribution < 1.29 is 4.57 Å². The second-order valence-corrected chi connectivity index (χ2v) is 8.33. The van der Waals surface area contributed by atoms with Crippen molar-refractivity contribution >= 4 is 22.5 Å². The van der Waals surface area contributed by atoms with Crippen LogP contribution in [0.15, 0.2) is 110 Å². The fourth-order valence-corrected chi connectivity index (χ4v) is 4.62. The average molecular weight is 410 g/mol. The summed E-state index contributed by atoms with van der Waals surface area (Å²) in [5.74, 6) is 0. The molecule has 0 aliphatic heterocycles. The monoisotopic (exact) mass is 410 g/mol. The van der Waals surface area contributed by atoms with Crippen molar-refractivity contribution in [2.75, 3.05) is 0 Å². The molecule has 0 unspecified atom stereocenters. The van der Waals surface area contributed by atoms with Gasteiger partial charge in [0.05, 0.1) is 19.7 Å². The van der Waals surface area contributed by atoms with E-state index in [4.69, 9.17) is 0 Å². The number of hydrogen-bond donors (Lipinski definition) is 0. The number of aryl methyl sites for hydroxylation is 2. The molecule has 0 saturated carbocycles. The maximum absolute atomic E-state index is 2.30. The van der Waals surface area contributed by atoms with Gasteiger partial charge in [-0.3, -0.25) is 0 Å². The van der Waals surface area contributed by atoms with E-state index >= 15 is 0 Å². The summed E-state index contributed by atoms with van der Waals surface area (Å²) in [6, 6.07) is 33.2. The van der Waals surface area contributed by atoms with E-state index in [1.54, 1.807) is 0 Å². The largest absolute Gasteiger partial charge is 0.243 e. The van der Waals surface area contributed by atoms with Gasteiger partial charge >= 0.3 is 0 Å². The van der Waals surface area contributed by atoms with Gasteiger partial charge in [-0.05, 0) is 6.92 Å². The van der Waals surface area contributed by atoms with Crippen LogP contribution in [0.3, 0.4) is 0 Å². The third-order valence-corrected chi connectivity index (χ3v) is 6.29. The predicted molar refractivity (Wildman–Crippen MR) is 135 cm³/mol. The molecule has 3 aromatic carbocycles. The van der Waals surface area contributed by atoms with E-state index in [2.05, 4.69) is 122 Å². The zero-order chi connectivity index (χ0) is 21.9. The van der Waals surface area contributed by atoms with Gasteiger partial charge in [-0.1, -0.05) is 111 Å². The number of aromatic nitrogens is 2. The van der Waals surface area contributed by atoms with Gasteiger partial charge in [0.2, 0.25) is 6.33 Å². The third-order valence-electron chi connectivity index (χ3n) is 6.29. The molecule has 4 aromatic rings. The highest BCUT2D eigenvalue weighted by Crippen LogP contribution is 2.16. The van der Waals surface area contributed by atoms with Crippen molar-refractivity contribution in [1.29, 1.82) is 0 Å². The van der Waals surface area contributed by atoms with Gasteiger partial charge in [-0.25, -0.2) is 9.13 Å². The number of rotatable bonds is 7. The van der Waals surface area contributed by atoms with Gasteiger partial charge in [-0.15, -0.1) is 0 Å². The number of benzene rings is 3. The van der Waals surface area contributed by atoms with Crippen molar-refractivity contribution in [3.05, 3.63) is 110 Å². The molecular weight excluding hydrogens is 375 g/mol. The van der Waals surface area contributed by atoms with Gasteiger partial charge in [0.1, 0.15) is 12.4 Å². The summed E-state index contributed by atoms with van der Waals surface area (Å²) >= 11 is 0. The molecule has 0 atom stereocenters. The fourth-order valence-electron chi connectivity index (χ4n) is 4.62. The minimum absolute atomic E-state index is 0.913. The Morgan fingerprint density at radius 3 is 1.45 bits per heavy atom. The zero-order valence-corrected chi connectivity index (χ0v) is 19.2. The highest BCUT2D eigenvalue weighted by atomic mass is 15.1. The summed E-state index contributed by atoms with van der Waals surface area (Å²) in [5.41, 5.74) is 4.33. The highest BCUT2D eigenvalue weighted by Gasteiger charge is 2.28. The number of nitrogens with zero attached hydrogens (tertiary/aromatic N) is 2. The molecular formula is C28H35BN2. The molecule has 0 radical (unpaired) electrons. The Hall–Kier alpha value is -3.07. The predicted octanol–water partition coefficient (Wildman–Crippen LogP) is 4.29. The Morgan fingerprint density at radius 1 is 0.710 bits per heavy atom. The van der Waals surface area contributed by atoms with E-state index in [0.29, 0.717) is 0 Å². The van der Waals surface area contributed by atoms with Crippen LogP contribution in [0.25, 0.3) is 0 Å². The molecule has 3 heteroatoms. The van der Waals surface area contributed by atoms with Gasteiger partial charge in [-0.2, -0.15) is 22.7 Å². The van der Waals surface area contributed by atoms with Gasteiger partial charge in [0.25, 0.3) is 0 Å². The zero-order valence-electron chi connectivity index (χ0n) is 19.2. The van der Waals surface area contributed by atoms with Gasteiger partial charge in [0, 0.05) is 0 Å². The van der Waals surface area contributed by atoms with Gasteiger partial charge < -0.3 is 0 Å². The summed E-state index contributed by atoms with van der Waals surface area (Å²) in [7, 11) is 2.02. The van der Waals surface area contributed by atoms with Crippen molar-refractivity contribution in [3.8, 4) is 0 Å². The summed E-state index contributed by atoms with van der Waals surface area (Å²) in [6.45, 7) is 5.46. The van der Waals surface area contributed by atoms with E-state index in [-0.39, 0.29) is 0 Å². The van der Waals surface area contributed by atoms with E-state index in [1.807, 2.05) is 17.8 Å². The highest BCUT2D eigenvalue weighted by molar-refractivity contribution is 7.11. The van der Waals surface area contributed by atoms with Gasteiger partial charge in [0.15, 0.2) is 0 Å². The molecule has 0 aliphatic rings. The maximum Gasteiger partial charge on any atom is 0.243 e. The first-order chi connectivity index (χ1) is 15.2. The summed E-state index contributed by atoms with van der Waals surface area (Å²) in [5, 5.41) is 0. The molecule has 0 aliphatic carbocycles. The molecule has 1 aromatic heterocycles. The van der Waals surface area contributed by atoms with Crippen molar-refractivity contribution in [2.45, 2.75) is 39.6 Å².